The second-order valence-electron chi connectivity index (χ2n) is 8.54. The SMILES string of the molecule is O=C(OCc1ccc([N+](=O)[O-])cc1)N1CC(SCc2ccccc2)CN1C(=O)OCc1ccc([N+](=O)[O-])cc1. The molecule has 3 aromatic rings. The van der Waals surface area contributed by atoms with E-state index in [-0.39, 0.29) is 42.9 Å². The minimum Gasteiger partial charge on any atom is -0.443 e. The van der Waals surface area contributed by atoms with E-state index in [2.05, 4.69) is 0 Å². The molecule has 1 heterocycles. The predicted molar refractivity (Wildman–Crippen MR) is 141 cm³/mol. The van der Waals surface area contributed by atoms with E-state index in [0.717, 1.165) is 5.56 Å². The number of carbonyl (C=O) groups excluding carboxylic acids is 2. The molecule has 0 N–H and O–H groups in total. The zero-order chi connectivity index (χ0) is 27.8. The lowest BCUT2D eigenvalue weighted by Crippen LogP contribution is -2.45. The number of nitrogens with zero attached hydrogens (tertiary/aromatic N) is 4. The fourth-order valence-corrected chi connectivity index (χ4v) is 4.86. The summed E-state index contributed by atoms with van der Waals surface area (Å²) in [5.74, 6) is 0.683. The maximum Gasteiger partial charge on any atom is 0.429 e. The number of rotatable bonds is 9. The number of thioether (sulfide) groups is 1. The molecule has 0 saturated carbocycles. The summed E-state index contributed by atoms with van der Waals surface area (Å²) in [6.07, 6.45) is -1.52. The van der Waals surface area contributed by atoms with Gasteiger partial charge in [-0.1, -0.05) is 30.3 Å². The molecule has 0 spiro atoms. The van der Waals surface area contributed by atoms with E-state index in [4.69, 9.17) is 9.47 Å². The highest BCUT2D eigenvalue weighted by Crippen LogP contribution is 2.27. The quantitative estimate of drug-likeness (QED) is 0.254. The van der Waals surface area contributed by atoms with Gasteiger partial charge in [-0.2, -0.15) is 0 Å². The molecular formula is C26H24N4O8S. The summed E-state index contributed by atoms with van der Waals surface area (Å²) in [7, 11) is 0. The lowest BCUT2D eigenvalue weighted by Gasteiger charge is -2.26. The Bertz CT molecular complexity index is 1240. The first-order chi connectivity index (χ1) is 18.8. The lowest BCUT2D eigenvalue weighted by atomic mass is 10.2. The van der Waals surface area contributed by atoms with Crippen LogP contribution in [0.5, 0.6) is 0 Å². The van der Waals surface area contributed by atoms with Gasteiger partial charge in [0.05, 0.1) is 22.9 Å². The van der Waals surface area contributed by atoms with Crippen LogP contribution in [0.3, 0.4) is 0 Å². The molecule has 0 unspecified atom stereocenters. The van der Waals surface area contributed by atoms with Crippen molar-refractivity contribution in [3.8, 4) is 0 Å². The highest BCUT2D eigenvalue weighted by atomic mass is 32.2. The predicted octanol–water partition coefficient (Wildman–Crippen LogP) is 5.31. The van der Waals surface area contributed by atoms with E-state index in [9.17, 15) is 29.8 Å². The Hall–Kier alpha value is -4.65. The Morgan fingerprint density at radius 1 is 0.718 bits per heavy atom. The number of hydrazine groups is 1. The van der Waals surface area contributed by atoms with E-state index < -0.39 is 22.0 Å². The minimum absolute atomic E-state index is 0.0788. The molecule has 2 amide bonds. The summed E-state index contributed by atoms with van der Waals surface area (Å²) in [6, 6.07) is 21.0. The number of amides is 2. The van der Waals surface area contributed by atoms with Crippen LogP contribution in [0.1, 0.15) is 16.7 Å². The van der Waals surface area contributed by atoms with Crippen molar-refractivity contribution in [1.29, 1.82) is 0 Å². The molecule has 39 heavy (non-hydrogen) atoms. The van der Waals surface area contributed by atoms with Crippen molar-refractivity contribution in [1.82, 2.24) is 10.0 Å². The summed E-state index contributed by atoms with van der Waals surface area (Å²) in [6.45, 7) is 0.147. The van der Waals surface area contributed by atoms with Gasteiger partial charge in [-0.05, 0) is 41.0 Å². The van der Waals surface area contributed by atoms with E-state index in [0.29, 0.717) is 16.9 Å². The molecule has 4 rings (SSSR count). The van der Waals surface area contributed by atoms with Gasteiger partial charge in [0.25, 0.3) is 11.4 Å². The normalized spacial score (nSPS) is 13.2. The molecule has 0 aliphatic carbocycles. The maximum atomic E-state index is 13.0. The number of carbonyl (C=O) groups is 2. The molecule has 13 heteroatoms. The van der Waals surface area contributed by atoms with Crippen LogP contribution >= 0.6 is 11.8 Å². The molecule has 202 valence electrons. The van der Waals surface area contributed by atoms with E-state index in [1.54, 1.807) is 11.8 Å². The fourth-order valence-electron chi connectivity index (χ4n) is 3.75. The van der Waals surface area contributed by atoms with Gasteiger partial charge in [-0.3, -0.25) is 20.2 Å². The van der Waals surface area contributed by atoms with Gasteiger partial charge >= 0.3 is 12.2 Å². The number of benzene rings is 3. The van der Waals surface area contributed by atoms with Crippen molar-refractivity contribution in [2.24, 2.45) is 0 Å². The first-order valence-corrected chi connectivity index (χ1v) is 12.9. The second-order valence-corrected chi connectivity index (χ2v) is 9.83. The van der Waals surface area contributed by atoms with Gasteiger partial charge in [0.1, 0.15) is 13.2 Å². The first-order valence-electron chi connectivity index (χ1n) is 11.8. The van der Waals surface area contributed by atoms with Gasteiger partial charge in [0.2, 0.25) is 0 Å². The van der Waals surface area contributed by atoms with Crippen molar-refractivity contribution in [3.63, 3.8) is 0 Å². The van der Waals surface area contributed by atoms with Gasteiger partial charge in [-0.25, -0.2) is 19.6 Å². The highest BCUT2D eigenvalue weighted by molar-refractivity contribution is 7.99. The summed E-state index contributed by atoms with van der Waals surface area (Å²) >= 11 is 1.59. The topological polar surface area (TPSA) is 145 Å². The van der Waals surface area contributed by atoms with Gasteiger partial charge in [-0.15, -0.1) is 11.8 Å². The maximum absolute atomic E-state index is 13.0. The Labute approximate surface area is 227 Å². The fraction of sp³-hybridized carbons (Fsp3) is 0.231. The third kappa shape index (κ3) is 7.45. The lowest BCUT2D eigenvalue weighted by molar-refractivity contribution is -0.385. The molecule has 3 aromatic carbocycles. The van der Waals surface area contributed by atoms with Gasteiger partial charge in [0.15, 0.2) is 0 Å². The molecular weight excluding hydrogens is 528 g/mol. The van der Waals surface area contributed by atoms with Crippen LogP contribution < -0.4 is 0 Å². The van der Waals surface area contributed by atoms with E-state index in [1.807, 2.05) is 30.3 Å². The van der Waals surface area contributed by atoms with Crippen molar-refractivity contribution < 1.29 is 28.9 Å². The number of non-ortho nitro benzene ring substituents is 2. The summed E-state index contributed by atoms with van der Waals surface area (Å²) in [5.41, 5.74) is 2.05. The molecule has 12 nitrogen and oxygen atoms in total. The zero-order valence-corrected chi connectivity index (χ0v) is 21.4. The van der Waals surface area contributed by atoms with Crippen LogP contribution in [0, 0.1) is 20.2 Å². The average molecular weight is 553 g/mol. The molecule has 1 aliphatic rings. The Kier molecular flexibility index (Phi) is 8.94. The third-order valence-electron chi connectivity index (χ3n) is 5.81. The Morgan fingerprint density at radius 3 is 1.56 bits per heavy atom. The minimum atomic E-state index is -0.761. The van der Waals surface area contributed by atoms with Crippen molar-refractivity contribution in [3.05, 3.63) is 116 Å². The monoisotopic (exact) mass is 552 g/mol. The summed E-state index contributed by atoms with van der Waals surface area (Å²) in [4.78, 5) is 46.6. The summed E-state index contributed by atoms with van der Waals surface area (Å²) < 4.78 is 10.8. The van der Waals surface area contributed by atoms with Gasteiger partial charge < -0.3 is 9.47 Å². The van der Waals surface area contributed by atoms with Crippen LogP contribution in [0.15, 0.2) is 78.9 Å². The number of hydrogen-bond donors (Lipinski definition) is 0. The first kappa shape index (κ1) is 27.4. The number of nitro groups is 2. The second kappa shape index (κ2) is 12.7. The van der Waals surface area contributed by atoms with E-state index in [1.165, 1.54) is 58.5 Å². The van der Waals surface area contributed by atoms with Crippen LogP contribution in [0.2, 0.25) is 0 Å². The van der Waals surface area contributed by atoms with Crippen molar-refractivity contribution >= 4 is 35.3 Å². The standard InChI is InChI=1S/C26H24N4O8S/c31-25(37-16-19-6-10-22(11-7-19)29(33)34)27-14-24(39-18-21-4-2-1-3-5-21)15-28(27)26(32)38-17-20-8-12-23(13-9-20)30(35)36/h1-13,24H,14-18H2. The van der Waals surface area contributed by atoms with Crippen molar-refractivity contribution in [2.75, 3.05) is 13.1 Å². The smallest absolute Gasteiger partial charge is 0.429 e. The van der Waals surface area contributed by atoms with Crippen LogP contribution in [-0.2, 0) is 28.4 Å². The molecule has 0 bridgehead atoms. The number of ether oxygens (including phenoxy) is 2. The Morgan fingerprint density at radius 2 is 1.15 bits per heavy atom. The van der Waals surface area contributed by atoms with Crippen LogP contribution in [0.25, 0.3) is 0 Å². The molecule has 1 fully saturated rings. The average Bonchev–Trinajstić information content (AvgIpc) is 3.39. The molecule has 0 aromatic heterocycles. The summed E-state index contributed by atoms with van der Waals surface area (Å²) in [5, 5.41) is 24.0. The Balaban J connectivity index is 1.39. The molecule has 0 atom stereocenters. The molecule has 1 aliphatic heterocycles. The van der Waals surface area contributed by atoms with Crippen LogP contribution in [-0.4, -0.2) is 50.4 Å². The largest absolute Gasteiger partial charge is 0.443 e. The van der Waals surface area contributed by atoms with Crippen molar-refractivity contribution in [2.45, 2.75) is 24.2 Å². The zero-order valence-electron chi connectivity index (χ0n) is 20.6. The number of hydrogen-bond acceptors (Lipinski definition) is 9. The number of nitro benzene ring substituents is 2. The molecule has 1 saturated heterocycles. The highest BCUT2D eigenvalue weighted by Gasteiger charge is 2.39. The van der Waals surface area contributed by atoms with E-state index >= 15 is 0 Å². The van der Waals surface area contributed by atoms with Crippen LogP contribution in [0.4, 0.5) is 21.0 Å². The third-order valence-corrected chi connectivity index (χ3v) is 7.08. The van der Waals surface area contributed by atoms with Gasteiger partial charge in [0, 0.05) is 35.3 Å². The molecule has 0 radical (unpaired) electrons.